The Morgan fingerprint density at radius 2 is 2.10 bits per heavy atom. The van der Waals surface area contributed by atoms with Gasteiger partial charge in [-0.15, -0.1) is 0 Å². The monoisotopic (exact) mass is 414 g/mol. The predicted octanol–water partition coefficient (Wildman–Crippen LogP) is 1.86. The third-order valence-corrected chi connectivity index (χ3v) is 5.57. The summed E-state index contributed by atoms with van der Waals surface area (Å²) in [5.74, 6) is 1.21. The second-order valence-electron chi connectivity index (χ2n) is 7.17. The molecule has 152 valence electrons. The Hall–Kier alpha value is -2.91. The molecule has 0 saturated heterocycles. The molecule has 29 heavy (non-hydrogen) atoms. The Morgan fingerprint density at radius 1 is 1.28 bits per heavy atom. The van der Waals surface area contributed by atoms with Crippen LogP contribution in [0.4, 0.5) is 5.69 Å². The summed E-state index contributed by atoms with van der Waals surface area (Å²) < 4.78 is 31.0. The summed E-state index contributed by atoms with van der Waals surface area (Å²) in [7, 11) is -1.77. The van der Waals surface area contributed by atoms with E-state index >= 15 is 0 Å². The summed E-state index contributed by atoms with van der Waals surface area (Å²) in [6, 6.07) is 10.9. The van der Waals surface area contributed by atoms with Crippen LogP contribution in [0.1, 0.15) is 17.0 Å². The van der Waals surface area contributed by atoms with Crippen molar-refractivity contribution >= 4 is 26.6 Å². The van der Waals surface area contributed by atoms with Crippen molar-refractivity contribution in [2.75, 3.05) is 24.6 Å². The van der Waals surface area contributed by atoms with E-state index in [2.05, 4.69) is 19.6 Å². The fourth-order valence-corrected chi connectivity index (χ4v) is 4.27. The van der Waals surface area contributed by atoms with E-state index in [0.29, 0.717) is 47.7 Å². The summed E-state index contributed by atoms with van der Waals surface area (Å²) in [6.07, 6.45) is 1.86. The topological polar surface area (TPSA) is 104 Å². The second kappa shape index (κ2) is 7.49. The molecule has 0 bridgehead atoms. The van der Waals surface area contributed by atoms with Crippen molar-refractivity contribution in [3.05, 3.63) is 63.7 Å². The van der Waals surface area contributed by atoms with Crippen LogP contribution in [0, 0.1) is 0 Å². The van der Waals surface area contributed by atoms with Crippen LogP contribution >= 0.6 is 0 Å². The number of sulfonamides is 1. The highest BCUT2D eigenvalue weighted by Crippen LogP contribution is 2.27. The number of aromatic nitrogens is 2. The summed E-state index contributed by atoms with van der Waals surface area (Å²) in [6.45, 7) is 1.89. The van der Waals surface area contributed by atoms with Crippen LogP contribution in [-0.4, -0.2) is 43.2 Å². The predicted molar refractivity (Wildman–Crippen MR) is 112 cm³/mol. The number of hydrogen-bond donors (Lipinski definition) is 2. The average Bonchev–Trinajstić information content (AvgIpc) is 2.67. The number of benzene rings is 2. The van der Waals surface area contributed by atoms with E-state index in [1.165, 1.54) is 0 Å². The molecular formula is C20H22N4O4S. The Labute approximate surface area is 168 Å². The first-order chi connectivity index (χ1) is 13.8. The molecule has 0 aliphatic carbocycles. The van der Waals surface area contributed by atoms with Crippen LogP contribution in [0.2, 0.25) is 0 Å². The minimum Gasteiger partial charge on any atom is -0.497 e. The van der Waals surface area contributed by atoms with Crippen molar-refractivity contribution in [3.8, 4) is 5.75 Å². The first kappa shape index (κ1) is 19.4. The van der Waals surface area contributed by atoms with Crippen molar-refractivity contribution in [1.29, 1.82) is 0 Å². The first-order valence-corrected chi connectivity index (χ1v) is 11.1. The molecule has 0 radical (unpaired) electrons. The number of hydrogen-bond acceptors (Lipinski definition) is 6. The summed E-state index contributed by atoms with van der Waals surface area (Å²) >= 11 is 0. The SMILES string of the molecule is COc1ccc2nc(CN3CCc4c(cccc4NS(C)(=O)=O)C3)[nH]c(=O)c2c1. The van der Waals surface area contributed by atoms with E-state index in [0.717, 1.165) is 23.9 Å². The van der Waals surface area contributed by atoms with Gasteiger partial charge >= 0.3 is 0 Å². The van der Waals surface area contributed by atoms with E-state index in [9.17, 15) is 13.2 Å². The molecule has 0 saturated carbocycles. The van der Waals surface area contributed by atoms with Crippen LogP contribution in [0.3, 0.4) is 0 Å². The fraction of sp³-hybridized carbons (Fsp3) is 0.300. The van der Waals surface area contributed by atoms with Crippen molar-refractivity contribution < 1.29 is 13.2 Å². The maximum atomic E-state index is 12.5. The van der Waals surface area contributed by atoms with E-state index in [-0.39, 0.29) is 5.56 Å². The third kappa shape index (κ3) is 4.25. The van der Waals surface area contributed by atoms with Gasteiger partial charge in [-0.25, -0.2) is 13.4 Å². The lowest BCUT2D eigenvalue weighted by Crippen LogP contribution is -2.32. The van der Waals surface area contributed by atoms with Gasteiger partial charge in [-0.1, -0.05) is 12.1 Å². The zero-order valence-corrected chi connectivity index (χ0v) is 17.0. The van der Waals surface area contributed by atoms with E-state index < -0.39 is 10.0 Å². The summed E-state index contributed by atoms with van der Waals surface area (Å²) in [4.78, 5) is 22.1. The van der Waals surface area contributed by atoms with E-state index in [1.54, 1.807) is 31.4 Å². The first-order valence-electron chi connectivity index (χ1n) is 9.20. The van der Waals surface area contributed by atoms with Gasteiger partial charge in [0, 0.05) is 13.1 Å². The summed E-state index contributed by atoms with van der Waals surface area (Å²) in [5, 5.41) is 0.494. The highest BCUT2D eigenvalue weighted by Gasteiger charge is 2.21. The molecule has 0 unspecified atom stereocenters. The molecule has 8 nitrogen and oxygen atoms in total. The molecule has 1 aromatic heterocycles. The smallest absolute Gasteiger partial charge is 0.258 e. The van der Waals surface area contributed by atoms with Gasteiger partial charge < -0.3 is 9.72 Å². The number of anilines is 1. The zero-order chi connectivity index (χ0) is 20.6. The molecule has 1 aliphatic heterocycles. The number of nitrogens with zero attached hydrogens (tertiary/aromatic N) is 2. The van der Waals surface area contributed by atoms with Crippen LogP contribution < -0.4 is 15.0 Å². The summed E-state index contributed by atoms with van der Waals surface area (Å²) in [5.41, 5.74) is 3.15. The molecule has 0 atom stereocenters. The molecule has 0 fully saturated rings. The van der Waals surface area contributed by atoms with Gasteiger partial charge in [0.05, 0.1) is 36.5 Å². The molecule has 1 aliphatic rings. The van der Waals surface area contributed by atoms with Gasteiger partial charge in [0.2, 0.25) is 10.0 Å². The van der Waals surface area contributed by atoms with Gasteiger partial charge in [-0.3, -0.25) is 14.4 Å². The lowest BCUT2D eigenvalue weighted by Gasteiger charge is -2.29. The van der Waals surface area contributed by atoms with Crippen LogP contribution in [0.5, 0.6) is 5.75 Å². The quantitative estimate of drug-likeness (QED) is 0.660. The highest BCUT2D eigenvalue weighted by molar-refractivity contribution is 7.92. The Balaban J connectivity index is 1.57. The molecule has 3 aromatic rings. The Kier molecular flexibility index (Phi) is 5.01. The van der Waals surface area contributed by atoms with Gasteiger partial charge in [-0.2, -0.15) is 0 Å². The van der Waals surface area contributed by atoms with Crippen molar-refractivity contribution in [2.45, 2.75) is 19.5 Å². The number of methoxy groups -OCH3 is 1. The normalized spacial score (nSPS) is 14.6. The van der Waals surface area contributed by atoms with Gasteiger partial charge in [0.15, 0.2) is 0 Å². The lowest BCUT2D eigenvalue weighted by atomic mass is 9.98. The van der Waals surface area contributed by atoms with Crippen molar-refractivity contribution in [1.82, 2.24) is 14.9 Å². The minimum absolute atomic E-state index is 0.194. The third-order valence-electron chi connectivity index (χ3n) is 4.98. The van der Waals surface area contributed by atoms with Gasteiger partial charge in [0.1, 0.15) is 11.6 Å². The van der Waals surface area contributed by atoms with E-state index in [4.69, 9.17) is 4.74 Å². The van der Waals surface area contributed by atoms with Crippen LogP contribution in [-0.2, 0) is 29.5 Å². The number of ether oxygens (including phenoxy) is 1. The second-order valence-corrected chi connectivity index (χ2v) is 8.92. The standard InChI is InChI=1S/C20H22N4O4S/c1-28-14-6-7-17-16(10-14)20(25)22-19(21-17)12-24-9-8-15-13(11-24)4-3-5-18(15)23-29(2,26)27/h3-7,10,23H,8-9,11-12H2,1-2H3,(H,21,22,25). The largest absolute Gasteiger partial charge is 0.497 e. The molecule has 4 rings (SSSR count). The number of rotatable bonds is 5. The van der Waals surface area contributed by atoms with E-state index in [1.807, 2.05) is 12.1 Å². The van der Waals surface area contributed by atoms with Gasteiger partial charge in [0.25, 0.3) is 5.56 Å². The van der Waals surface area contributed by atoms with Crippen molar-refractivity contribution in [2.24, 2.45) is 0 Å². The number of H-pyrrole nitrogens is 1. The Morgan fingerprint density at radius 3 is 2.86 bits per heavy atom. The lowest BCUT2D eigenvalue weighted by molar-refractivity contribution is 0.240. The van der Waals surface area contributed by atoms with Gasteiger partial charge in [-0.05, 0) is 41.8 Å². The molecule has 0 amide bonds. The number of aromatic amines is 1. The van der Waals surface area contributed by atoms with Crippen LogP contribution in [0.15, 0.2) is 41.2 Å². The Bertz CT molecular complexity index is 1240. The fourth-order valence-electron chi connectivity index (χ4n) is 3.68. The molecule has 9 heteroatoms. The number of fused-ring (bicyclic) bond motifs is 2. The molecular weight excluding hydrogens is 392 g/mol. The highest BCUT2D eigenvalue weighted by atomic mass is 32.2. The minimum atomic E-state index is -3.33. The molecule has 2 heterocycles. The maximum Gasteiger partial charge on any atom is 0.258 e. The zero-order valence-electron chi connectivity index (χ0n) is 16.2. The van der Waals surface area contributed by atoms with Crippen molar-refractivity contribution in [3.63, 3.8) is 0 Å². The molecule has 2 N–H and O–H groups in total. The maximum absolute atomic E-state index is 12.5. The average molecular weight is 414 g/mol. The molecule has 0 spiro atoms. The number of nitrogens with one attached hydrogen (secondary N) is 2. The van der Waals surface area contributed by atoms with Crippen LogP contribution in [0.25, 0.3) is 10.9 Å². The molecule has 2 aromatic carbocycles.